The minimum Gasteiger partial charge on any atom is -0.493 e. The van der Waals surface area contributed by atoms with Gasteiger partial charge in [-0.25, -0.2) is 4.98 Å². The first-order valence-electron chi connectivity index (χ1n) is 8.53. The van der Waals surface area contributed by atoms with Crippen molar-refractivity contribution in [3.63, 3.8) is 0 Å². The summed E-state index contributed by atoms with van der Waals surface area (Å²) in [6.07, 6.45) is 4.14. The smallest absolute Gasteiger partial charge is 0.147 e. The van der Waals surface area contributed by atoms with Gasteiger partial charge in [-0.1, -0.05) is 30.3 Å². The number of hydrogen-bond acceptors (Lipinski definition) is 4. The van der Waals surface area contributed by atoms with E-state index < -0.39 is 0 Å². The van der Waals surface area contributed by atoms with Gasteiger partial charge < -0.3 is 9.64 Å². The summed E-state index contributed by atoms with van der Waals surface area (Å²) in [5, 5.41) is 0. The zero-order chi connectivity index (χ0) is 16.2. The molecular weight excluding hydrogens is 298 g/mol. The molecule has 0 spiro atoms. The third kappa shape index (κ3) is 3.32. The molecule has 1 aliphatic heterocycles. The number of fused-ring (bicyclic) bond motifs is 1. The van der Waals surface area contributed by atoms with E-state index in [0.29, 0.717) is 5.92 Å². The van der Waals surface area contributed by atoms with Gasteiger partial charge in [-0.05, 0) is 43.0 Å². The topological polar surface area (TPSA) is 38.2 Å². The lowest BCUT2D eigenvalue weighted by Crippen LogP contribution is -2.36. The van der Waals surface area contributed by atoms with Crippen molar-refractivity contribution in [1.82, 2.24) is 9.97 Å². The van der Waals surface area contributed by atoms with Crippen molar-refractivity contribution < 1.29 is 4.74 Å². The molecule has 0 N–H and O–H groups in total. The average Bonchev–Trinajstić information content (AvgIpc) is 2.67. The van der Waals surface area contributed by atoms with Gasteiger partial charge in [-0.2, -0.15) is 0 Å². The van der Waals surface area contributed by atoms with Crippen LogP contribution in [0.15, 0.2) is 60.8 Å². The lowest BCUT2D eigenvalue weighted by molar-refractivity contribution is 0.222. The van der Waals surface area contributed by atoms with Crippen molar-refractivity contribution in [2.75, 3.05) is 24.6 Å². The summed E-state index contributed by atoms with van der Waals surface area (Å²) in [6, 6.07) is 18.1. The van der Waals surface area contributed by atoms with Crippen molar-refractivity contribution >= 4 is 16.9 Å². The number of aromatic nitrogens is 2. The monoisotopic (exact) mass is 319 g/mol. The second-order valence-corrected chi connectivity index (χ2v) is 6.27. The lowest BCUT2D eigenvalue weighted by atomic mass is 9.98. The summed E-state index contributed by atoms with van der Waals surface area (Å²) in [4.78, 5) is 11.6. The van der Waals surface area contributed by atoms with Crippen LogP contribution in [0.3, 0.4) is 0 Å². The highest BCUT2D eigenvalue weighted by atomic mass is 16.5. The van der Waals surface area contributed by atoms with Crippen LogP contribution in [0.2, 0.25) is 0 Å². The molecule has 0 radical (unpaired) electrons. The van der Waals surface area contributed by atoms with Gasteiger partial charge in [0.1, 0.15) is 11.6 Å². The maximum Gasteiger partial charge on any atom is 0.147 e. The fraction of sp³-hybridized carbons (Fsp3) is 0.300. The van der Waals surface area contributed by atoms with E-state index >= 15 is 0 Å². The number of para-hydroxylation sites is 3. The average molecular weight is 319 g/mol. The van der Waals surface area contributed by atoms with E-state index in [1.54, 1.807) is 0 Å². The summed E-state index contributed by atoms with van der Waals surface area (Å²) < 4.78 is 5.90. The Bertz CT molecular complexity index is 798. The van der Waals surface area contributed by atoms with E-state index in [0.717, 1.165) is 55.1 Å². The lowest BCUT2D eigenvalue weighted by Gasteiger charge is -2.32. The molecule has 1 aromatic heterocycles. The zero-order valence-corrected chi connectivity index (χ0v) is 13.6. The van der Waals surface area contributed by atoms with Crippen LogP contribution in [0, 0.1) is 5.92 Å². The third-order valence-corrected chi connectivity index (χ3v) is 4.60. The van der Waals surface area contributed by atoms with Gasteiger partial charge in [0.15, 0.2) is 0 Å². The Morgan fingerprint density at radius 2 is 1.62 bits per heavy atom. The van der Waals surface area contributed by atoms with Gasteiger partial charge >= 0.3 is 0 Å². The molecule has 0 bridgehead atoms. The number of benzene rings is 2. The number of nitrogens with zero attached hydrogens (tertiary/aromatic N) is 3. The SMILES string of the molecule is c1ccc(OCC2CCN(c3cnc4ccccc4n3)CC2)cc1. The maximum absolute atomic E-state index is 5.90. The standard InChI is InChI=1S/C20H21N3O/c1-2-6-17(7-3-1)24-15-16-10-12-23(13-11-16)20-14-21-18-8-4-5-9-19(18)22-20/h1-9,14,16H,10-13,15H2. The highest BCUT2D eigenvalue weighted by Gasteiger charge is 2.21. The molecule has 24 heavy (non-hydrogen) atoms. The molecule has 0 aliphatic carbocycles. The molecule has 3 aromatic rings. The first kappa shape index (κ1) is 14.9. The Kier molecular flexibility index (Phi) is 4.28. The summed E-state index contributed by atoms with van der Waals surface area (Å²) in [6.45, 7) is 2.81. The molecule has 2 heterocycles. The van der Waals surface area contributed by atoms with Gasteiger partial charge in [0.2, 0.25) is 0 Å². The second-order valence-electron chi connectivity index (χ2n) is 6.27. The first-order chi connectivity index (χ1) is 11.9. The Balaban J connectivity index is 1.35. The number of anilines is 1. The molecule has 4 nitrogen and oxygen atoms in total. The number of ether oxygens (including phenoxy) is 1. The van der Waals surface area contributed by atoms with E-state index in [9.17, 15) is 0 Å². The van der Waals surface area contributed by atoms with Crippen molar-refractivity contribution in [2.24, 2.45) is 5.92 Å². The van der Waals surface area contributed by atoms with Crippen LogP contribution in [0.5, 0.6) is 5.75 Å². The Morgan fingerprint density at radius 3 is 2.42 bits per heavy atom. The van der Waals surface area contributed by atoms with E-state index in [-0.39, 0.29) is 0 Å². The molecule has 1 fully saturated rings. The molecule has 0 unspecified atom stereocenters. The van der Waals surface area contributed by atoms with Crippen LogP contribution in [0.1, 0.15) is 12.8 Å². The maximum atomic E-state index is 5.90. The van der Waals surface area contributed by atoms with Crippen molar-refractivity contribution in [3.8, 4) is 5.75 Å². The molecule has 0 atom stereocenters. The van der Waals surface area contributed by atoms with Crippen LogP contribution in [0.25, 0.3) is 11.0 Å². The summed E-state index contributed by atoms with van der Waals surface area (Å²) >= 11 is 0. The Hall–Kier alpha value is -2.62. The van der Waals surface area contributed by atoms with Crippen LogP contribution >= 0.6 is 0 Å². The highest BCUT2D eigenvalue weighted by molar-refractivity contribution is 5.75. The Morgan fingerprint density at radius 1 is 0.917 bits per heavy atom. The number of hydrogen-bond donors (Lipinski definition) is 0. The van der Waals surface area contributed by atoms with Crippen LogP contribution in [0.4, 0.5) is 5.82 Å². The number of piperidine rings is 1. The predicted octanol–water partition coefficient (Wildman–Crippen LogP) is 3.93. The Labute approximate surface area is 142 Å². The van der Waals surface area contributed by atoms with Gasteiger partial charge in [0.25, 0.3) is 0 Å². The van der Waals surface area contributed by atoms with Crippen LogP contribution < -0.4 is 9.64 Å². The highest BCUT2D eigenvalue weighted by Crippen LogP contribution is 2.23. The molecule has 4 rings (SSSR count). The minimum absolute atomic E-state index is 0.606. The van der Waals surface area contributed by atoms with Gasteiger partial charge in [-0.3, -0.25) is 4.98 Å². The van der Waals surface area contributed by atoms with Crippen LogP contribution in [-0.4, -0.2) is 29.7 Å². The summed E-state index contributed by atoms with van der Waals surface area (Å²) in [5.41, 5.74) is 1.91. The largest absolute Gasteiger partial charge is 0.493 e. The molecule has 0 amide bonds. The third-order valence-electron chi connectivity index (χ3n) is 4.60. The fourth-order valence-corrected chi connectivity index (χ4v) is 3.16. The van der Waals surface area contributed by atoms with E-state index in [1.807, 2.05) is 60.8 Å². The van der Waals surface area contributed by atoms with Crippen LogP contribution in [-0.2, 0) is 0 Å². The molecule has 0 saturated carbocycles. The van der Waals surface area contributed by atoms with Crippen molar-refractivity contribution in [2.45, 2.75) is 12.8 Å². The van der Waals surface area contributed by atoms with E-state index in [2.05, 4.69) is 9.88 Å². The van der Waals surface area contributed by atoms with Crippen molar-refractivity contribution in [1.29, 1.82) is 0 Å². The molecular formula is C20H21N3O. The molecule has 122 valence electrons. The summed E-state index contributed by atoms with van der Waals surface area (Å²) in [7, 11) is 0. The van der Waals surface area contributed by atoms with Gasteiger partial charge in [0.05, 0.1) is 23.8 Å². The van der Waals surface area contributed by atoms with Gasteiger partial charge in [0, 0.05) is 13.1 Å². The van der Waals surface area contributed by atoms with E-state index in [4.69, 9.17) is 9.72 Å². The predicted molar refractivity (Wildman–Crippen MR) is 96.4 cm³/mol. The second kappa shape index (κ2) is 6.87. The van der Waals surface area contributed by atoms with Gasteiger partial charge in [-0.15, -0.1) is 0 Å². The normalized spacial score (nSPS) is 15.6. The molecule has 2 aromatic carbocycles. The molecule has 1 saturated heterocycles. The van der Waals surface area contributed by atoms with E-state index in [1.165, 1.54) is 0 Å². The first-order valence-corrected chi connectivity index (χ1v) is 8.53. The number of rotatable bonds is 4. The fourth-order valence-electron chi connectivity index (χ4n) is 3.16. The molecule has 4 heteroatoms. The minimum atomic E-state index is 0.606. The summed E-state index contributed by atoms with van der Waals surface area (Å²) in [5.74, 6) is 2.55. The zero-order valence-electron chi connectivity index (χ0n) is 13.6. The quantitative estimate of drug-likeness (QED) is 0.730. The molecule has 1 aliphatic rings. The van der Waals surface area contributed by atoms with Crippen molar-refractivity contribution in [3.05, 3.63) is 60.8 Å².